The molecule has 0 bridgehead atoms. The molecule has 2 amide bonds. The van der Waals surface area contributed by atoms with Crippen LogP contribution in [0.3, 0.4) is 0 Å². The highest BCUT2D eigenvalue weighted by molar-refractivity contribution is 7.03. The van der Waals surface area contributed by atoms with Gasteiger partial charge < -0.3 is 10.6 Å². The summed E-state index contributed by atoms with van der Waals surface area (Å²) < 4.78 is 3.73. The van der Waals surface area contributed by atoms with Crippen molar-refractivity contribution in [2.45, 2.75) is 32.4 Å². The van der Waals surface area contributed by atoms with E-state index in [0.717, 1.165) is 41.1 Å². The Bertz CT molecular complexity index is 1020. The third kappa shape index (κ3) is 3.80. The van der Waals surface area contributed by atoms with Crippen molar-refractivity contribution in [2.24, 2.45) is 0 Å². The van der Waals surface area contributed by atoms with Crippen molar-refractivity contribution < 1.29 is 9.59 Å². The van der Waals surface area contributed by atoms with E-state index in [9.17, 15) is 9.59 Å². The normalized spacial score (nSPS) is 15.1. The number of hydrogen-bond donors (Lipinski definition) is 2. The summed E-state index contributed by atoms with van der Waals surface area (Å²) in [6.45, 7) is 2.41. The van der Waals surface area contributed by atoms with Gasteiger partial charge in [0.25, 0.3) is 11.8 Å². The Hall–Kier alpha value is -3.06. The molecule has 1 atom stereocenters. The summed E-state index contributed by atoms with van der Waals surface area (Å²) in [6.07, 6.45) is 1.76. The second-order valence-corrected chi connectivity index (χ2v) is 7.50. The van der Waals surface area contributed by atoms with E-state index in [2.05, 4.69) is 26.3 Å². The number of benzene rings is 2. The third-order valence-corrected chi connectivity index (χ3v) is 5.53. The van der Waals surface area contributed by atoms with Crippen LogP contribution in [0.1, 0.15) is 55.6 Å². The number of nitrogens with zero attached hydrogens (tertiary/aromatic N) is 2. The van der Waals surface area contributed by atoms with Gasteiger partial charge >= 0.3 is 0 Å². The standard InChI is InChI=1S/C21H20N4O2S/c1-13-4-2-3-5-16(13)20(26)22-11-14-6-8-17-15(10-14)7-9-18(17)23-21(27)19-12-28-25-24-19/h2-6,8,10,12,18H,7,9,11H2,1H3,(H,22,26)(H,23,27). The molecule has 1 aliphatic rings. The fourth-order valence-electron chi connectivity index (χ4n) is 3.53. The highest BCUT2D eigenvalue weighted by Crippen LogP contribution is 2.32. The number of carbonyl (C=O) groups excluding carboxylic acids is 2. The zero-order chi connectivity index (χ0) is 19.5. The minimum Gasteiger partial charge on any atom is -0.348 e. The Kier molecular flexibility index (Phi) is 5.16. The molecule has 142 valence electrons. The Balaban J connectivity index is 1.40. The van der Waals surface area contributed by atoms with Crippen LogP contribution in [0, 0.1) is 6.92 Å². The lowest BCUT2D eigenvalue weighted by atomic mass is 10.0. The third-order valence-electron chi connectivity index (χ3n) is 5.03. The van der Waals surface area contributed by atoms with Crippen LogP contribution in [0.4, 0.5) is 0 Å². The molecule has 3 aromatic rings. The van der Waals surface area contributed by atoms with Crippen molar-refractivity contribution in [3.8, 4) is 0 Å². The maximum atomic E-state index is 12.4. The molecule has 1 aromatic heterocycles. The van der Waals surface area contributed by atoms with E-state index in [0.29, 0.717) is 17.8 Å². The molecule has 2 aromatic carbocycles. The summed E-state index contributed by atoms with van der Waals surface area (Å²) in [4.78, 5) is 24.6. The van der Waals surface area contributed by atoms with Crippen molar-refractivity contribution in [1.29, 1.82) is 0 Å². The van der Waals surface area contributed by atoms with Gasteiger partial charge in [0.05, 0.1) is 6.04 Å². The van der Waals surface area contributed by atoms with Gasteiger partial charge in [0.1, 0.15) is 0 Å². The highest BCUT2D eigenvalue weighted by atomic mass is 32.1. The average molecular weight is 392 g/mol. The molecule has 0 radical (unpaired) electrons. The minimum atomic E-state index is -0.193. The predicted octanol–water partition coefficient (Wildman–Crippen LogP) is 3.19. The smallest absolute Gasteiger partial charge is 0.273 e. The summed E-state index contributed by atoms with van der Waals surface area (Å²) in [6, 6.07) is 13.7. The zero-order valence-electron chi connectivity index (χ0n) is 15.4. The van der Waals surface area contributed by atoms with Crippen LogP contribution in [0.2, 0.25) is 0 Å². The van der Waals surface area contributed by atoms with E-state index >= 15 is 0 Å². The maximum absolute atomic E-state index is 12.4. The lowest BCUT2D eigenvalue weighted by Crippen LogP contribution is -2.27. The first-order chi connectivity index (χ1) is 13.6. The summed E-state index contributed by atoms with van der Waals surface area (Å²) in [5.74, 6) is -0.262. The number of aromatic nitrogens is 2. The summed E-state index contributed by atoms with van der Waals surface area (Å²) in [7, 11) is 0. The van der Waals surface area contributed by atoms with E-state index < -0.39 is 0 Å². The fraction of sp³-hybridized carbons (Fsp3) is 0.238. The van der Waals surface area contributed by atoms with Gasteiger partial charge in [-0.2, -0.15) is 0 Å². The van der Waals surface area contributed by atoms with Crippen LogP contribution in [0.5, 0.6) is 0 Å². The first-order valence-corrected chi connectivity index (χ1v) is 9.99. The van der Waals surface area contributed by atoms with Gasteiger partial charge in [-0.3, -0.25) is 9.59 Å². The Morgan fingerprint density at radius 2 is 2.04 bits per heavy atom. The van der Waals surface area contributed by atoms with Crippen LogP contribution in [-0.4, -0.2) is 21.4 Å². The molecule has 2 N–H and O–H groups in total. The molecule has 0 aliphatic heterocycles. The van der Waals surface area contributed by atoms with Crippen LogP contribution >= 0.6 is 11.5 Å². The van der Waals surface area contributed by atoms with Crippen molar-refractivity contribution in [3.63, 3.8) is 0 Å². The Morgan fingerprint density at radius 3 is 2.82 bits per heavy atom. The number of amides is 2. The molecule has 0 saturated heterocycles. The topological polar surface area (TPSA) is 84.0 Å². The van der Waals surface area contributed by atoms with Crippen molar-refractivity contribution in [3.05, 3.63) is 81.4 Å². The quantitative estimate of drug-likeness (QED) is 0.698. The lowest BCUT2D eigenvalue weighted by Gasteiger charge is -2.14. The van der Waals surface area contributed by atoms with Gasteiger partial charge in [-0.25, -0.2) is 0 Å². The molecule has 7 heteroatoms. The van der Waals surface area contributed by atoms with Gasteiger partial charge in [-0.15, -0.1) is 5.10 Å². The van der Waals surface area contributed by atoms with Gasteiger partial charge in [0, 0.05) is 17.5 Å². The summed E-state index contributed by atoms with van der Waals surface area (Å²) >= 11 is 1.16. The number of carbonyl (C=O) groups is 2. The molecule has 1 unspecified atom stereocenters. The van der Waals surface area contributed by atoms with Crippen LogP contribution in [-0.2, 0) is 13.0 Å². The summed E-state index contributed by atoms with van der Waals surface area (Å²) in [5.41, 5.74) is 5.41. The van der Waals surface area contributed by atoms with Crippen molar-refractivity contribution >= 4 is 23.3 Å². The SMILES string of the molecule is Cc1ccccc1C(=O)NCc1ccc2c(c1)CCC2NC(=O)c1csnn1. The van der Waals surface area contributed by atoms with Gasteiger partial charge in [-0.1, -0.05) is 40.9 Å². The Morgan fingerprint density at radius 1 is 1.18 bits per heavy atom. The molecule has 0 spiro atoms. The molecule has 6 nitrogen and oxygen atoms in total. The second kappa shape index (κ2) is 7.90. The molecule has 4 rings (SSSR count). The van der Waals surface area contributed by atoms with Gasteiger partial charge in [0.15, 0.2) is 5.69 Å². The highest BCUT2D eigenvalue weighted by Gasteiger charge is 2.25. The fourth-order valence-corrected chi connectivity index (χ4v) is 3.97. The summed E-state index contributed by atoms with van der Waals surface area (Å²) in [5, 5.41) is 11.5. The first-order valence-electron chi connectivity index (χ1n) is 9.15. The Labute approximate surface area is 167 Å². The number of nitrogens with one attached hydrogen (secondary N) is 2. The number of hydrogen-bond acceptors (Lipinski definition) is 5. The first kappa shape index (κ1) is 18.3. The van der Waals surface area contributed by atoms with Crippen LogP contribution in [0.15, 0.2) is 47.8 Å². The predicted molar refractivity (Wildman–Crippen MR) is 107 cm³/mol. The van der Waals surface area contributed by atoms with Crippen molar-refractivity contribution in [2.75, 3.05) is 0 Å². The van der Waals surface area contributed by atoms with E-state index in [-0.39, 0.29) is 17.9 Å². The number of fused-ring (bicyclic) bond motifs is 1. The van der Waals surface area contributed by atoms with E-state index in [1.54, 1.807) is 5.38 Å². The number of rotatable bonds is 5. The van der Waals surface area contributed by atoms with E-state index in [4.69, 9.17) is 0 Å². The maximum Gasteiger partial charge on any atom is 0.273 e. The number of aryl methyl sites for hydroxylation is 2. The molecule has 0 saturated carbocycles. The molecule has 0 fully saturated rings. The largest absolute Gasteiger partial charge is 0.348 e. The minimum absolute atomic E-state index is 0.0141. The van der Waals surface area contributed by atoms with Crippen molar-refractivity contribution in [1.82, 2.24) is 20.2 Å². The average Bonchev–Trinajstić information content (AvgIpc) is 3.37. The molecular formula is C21H20N4O2S. The van der Waals surface area contributed by atoms with Crippen LogP contribution < -0.4 is 10.6 Å². The monoisotopic (exact) mass is 392 g/mol. The molecule has 28 heavy (non-hydrogen) atoms. The lowest BCUT2D eigenvalue weighted by molar-refractivity contribution is 0.0928. The molecular weight excluding hydrogens is 372 g/mol. The van der Waals surface area contributed by atoms with Gasteiger partial charge in [-0.05, 0) is 59.6 Å². The molecule has 1 heterocycles. The second-order valence-electron chi connectivity index (χ2n) is 6.89. The zero-order valence-corrected chi connectivity index (χ0v) is 16.3. The molecule has 1 aliphatic carbocycles. The van der Waals surface area contributed by atoms with E-state index in [1.807, 2.05) is 43.3 Å². The van der Waals surface area contributed by atoms with E-state index in [1.165, 1.54) is 5.56 Å². The van der Waals surface area contributed by atoms with Crippen LogP contribution in [0.25, 0.3) is 0 Å². The van der Waals surface area contributed by atoms with Gasteiger partial charge in [0.2, 0.25) is 0 Å².